The number of nitrogens with two attached hydrogens (primary N) is 1. The van der Waals surface area contributed by atoms with Crippen LogP contribution in [0.4, 0.5) is 8.78 Å². The first kappa shape index (κ1) is 21.6. The van der Waals surface area contributed by atoms with Crippen LogP contribution in [0, 0.1) is 5.92 Å². The van der Waals surface area contributed by atoms with Crippen LogP contribution in [0.15, 0.2) is 36.8 Å². The Morgan fingerprint density at radius 2 is 1.84 bits per heavy atom. The number of aromatic nitrogens is 2. The van der Waals surface area contributed by atoms with Gasteiger partial charge in [-0.25, -0.2) is 13.8 Å². The number of hydrogen-bond acceptors (Lipinski definition) is 3. The fourth-order valence-electron chi connectivity index (χ4n) is 6.14. The van der Waals surface area contributed by atoms with E-state index < -0.39 is 5.92 Å². The van der Waals surface area contributed by atoms with Crippen LogP contribution in [0.1, 0.15) is 78.9 Å². The molecular weight excluding hydrogens is 410 g/mol. The fraction of sp³-hybridized carbons (Fsp3) is 0.600. The molecule has 2 aliphatic heterocycles. The SMILES string of the molecule is NC(=O)c1cccc(C2C[C@H]3CC[C@@H](C2)N3Cc2cncn2CC2CCC(F)(F)CC2)c1. The van der Waals surface area contributed by atoms with Crippen molar-refractivity contribution in [3.05, 3.63) is 53.6 Å². The number of fused-ring (bicyclic) bond motifs is 2. The van der Waals surface area contributed by atoms with Gasteiger partial charge in [0, 0.05) is 49.8 Å². The number of piperidine rings is 1. The van der Waals surface area contributed by atoms with E-state index >= 15 is 0 Å². The lowest BCUT2D eigenvalue weighted by atomic mass is 9.84. The molecule has 0 spiro atoms. The lowest BCUT2D eigenvalue weighted by Gasteiger charge is -2.39. The summed E-state index contributed by atoms with van der Waals surface area (Å²) in [6.07, 6.45) is 9.58. The van der Waals surface area contributed by atoms with Crippen molar-refractivity contribution in [1.82, 2.24) is 14.5 Å². The summed E-state index contributed by atoms with van der Waals surface area (Å²) < 4.78 is 29.2. The van der Waals surface area contributed by atoms with Gasteiger partial charge in [0.05, 0.1) is 12.0 Å². The Kier molecular flexibility index (Phi) is 5.78. The molecule has 3 fully saturated rings. The second kappa shape index (κ2) is 8.58. The molecule has 1 unspecified atom stereocenters. The van der Waals surface area contributed by atoms with Crippen molar-refractivity contribution in [3.8, 4) is 0 Å². The molecule has 3 heterocycles. The highest BCUT2D eigenvalue weighted by Crippen LogP contribution is 2.44. The molecule has 1 aliphatic carbocycles. The third kappa shape index (κ3) is 4.45. The van der Waals surface area contributed by atoms with Gasteiger partial charge in [0.25, 0.3) is 0 Å². The zero-order valence-corrected chi connectivity index (χ0v) is 18.4. The molecule has 2 aromatic rings. The Labute approximate surface area is 188 Å². The van der Waals surface area contributed by atoms with E-state index in [9.17, 15) is 13.6 Å². The van der Waals surface area contributed by atoms with Gasteiger partial charge in [-0.1, -0.05) is 12.1 Å². The second-order valence-electron chi connectivity index (χ2n) is 10.1. The van der Waals surface area contributed by atoms with Crippen LogP contribution in [0.2, 0.25) is 0 Å². The monoisotopic (exact) mass is 442 g/mol. The van der Waals surface area contributed by atoms with Crippen LogP contribution in [0.5, 0.6) is 0 Å². The molecule has 2 bridgehead atoms. The van der Waals surface area contributed by atoms with Crippen LogP contribution in [0.25, 0.3) is 0 Å². The predicted octanol–water partition coefficient (Wildman–Crippen LogP) is 4.72. The Morgan fingerprint density at radius 3 is 2.53 bits per heavy atom. The summed E-state index contributed by atoms with van der Waals surface area (Å²) in [6, 6.07) is 8.84. The number of nitrogens with zero attached hydrogens (tertiary/aromatic N) is 3. The largest absolute Gasteiger partial charge is 0.366 e. The lowest BCUT2D eigenvalue weighted by molar-refractivity contribution is -0.0474. The molecule has 2 saturated heterocycles. The van der Waals surface area contributed by atoms with Gasteiger partial charge < -0.3 is 10.3 Å². The molecule has 7 heteroatoms. The molecule has 0 radical (unpaired) electrons. The number of primary amides is 1. The Balaban J connectivity index is 1.23. The number of rotatable bonds is 6. The van der Waals surface area contributed by atoms with Crippen LogP contribution in [-0.4, -0.2) is 38.4 Å². The first-order chi connectivity index (χ1) is 15.4. The zero-order valence-electron chi connectivity index (χ0n) is 18.4. The number of imidazole rings is 1. The summed E-state index contributed by atoms with van der Waals surface area (Å²) in [5.74, 6) is -2.09. The Morgan fingerprint density at radius 1 is 1.12 bits per heavy atom. The minimum Gasteiger partial charge on any atom is -0.366 e. The van der Waals surface area contributed by atoms with Gasteiger partial charge in [0.1, 0.15) is 0 Å². The second-order valence-corrected chi connectivity index (χ2v) is 10.1. The number of amides is 1. The third-order valence-corrected chi connectivity index (χ3v) is 7.96. The number of alkyl halides is 2. The average molecular weight is 443 g/mol. The topological polar surface area (TPSA) is 64.2 Å². The molecule has 2 N–H and O–H groups in total. The van der Waals surface area contributed by atoms with E-state index in [2.05, 4.69) is 20.5 Å². The molecule has 3 aliphatic rings. The molecule has 5 rings (SSSR count). The van der Waals surface area contributed by atoms with Crippen molar-refractivity contribution in [2.75, 3.05) is 0 Å². The van der Waals surface area contributed by atoms with Crippen LogP contribution in [0.3, 0.4) is 0 Å². The Bertz CT molecular complexity index is 950. The molecule has 1 aromatic carbocycles. The molecular formula is C25H32F2N4O. The standard InChI is InChI=1S/C25H32F2N4O/c26-25(27)8-6-17(7-9-25)14-30-16-29-13-23(30)15-31-21-4-5-22(31)12-20(11-21)18-2-1-3-19(10-18)24(28)32/h1-3,10,13,16-17,20-22H,4-9,11-12,14-15H2,(H2,28,32)/t20?,21-,22+. The zero-order chi connectivity index (χ0) is 22.3. The molecule has 32 heavy (non-hydrogen) atoms. The van der Waals surface area contributed by atoms with Crippen LogP contribution >= 0.6 is 0 Å². The Hall–Kier alpha value is -2.28. The first-order valence-electron chi connectivity index (χ1n) is 11.9. The van der Waals surface area contributed by atoms with Crippen LogP contribution < -0.4 is 5.73 Å². The molecule has 5 nitrogen and oxygen atoms in total. The van der Waals surface area contributed by atoms with E-state index in [-0.39, 0.29) is 18.7 Å². The van der Waals surface area contributed by atoms with Crippen LogP contribution in [-0.2, 0) is 13.1 Å². The summed E-state index contributed by atoms with van der Waals surface area (Å²) >= 11 is 0. The molecule has 3 atom stereocenters. The van der Waals surface area contributed by atoms with Gasteiger partial charge in [-0.3, -0.25) is 9.69 Å². The fourth-order valence-corrected chi connectivity index (χ4v) is 6.14. The summed E-state index contributed by atoms with van der Waals surface area (Å²) in [4.78, 5) is 18.6. The van der Waals surface area contributed by atoms with Gasteiger partial charge in [-0.05, 0) is 68.1 Å². The lowest BCUT2D eigenvalue weighted by Crippen LogP contribution is -2.42. The van der Waals surface area contributed by atoms with E-state index in [0.717, 1.165) is 25.9 Å². The van der Waals surface area contributed by atoms with E-state index in [0.29, 0.717) is 42.3 Å². The smallest absolute Gasteiger partial charge is 0.248 e. The molecule has 1 saturated carbocycles. The van der Waals surface area contributed by atoms with Crippen molar-refractivity contribution < 1.29 is 13.6 Å². The average Bonchev–Trinajstić information content (AvgIpc) is 3.29. The van der Waals surface area contributed by atoms with Gasteiger partial charge >= 0.3 is 0 Å². The normalized spacial score (nSPS) is 28.1. The number of hydrogen-bond donors (Lipinski definition) is 1. The highest BCUT2D eigenvalue weighted by atomic mass is 19.3. The maximum atomic E-state index is 13.5. The first-order valence-corrected chi connectivity index (χ1v) is 11.9. The predicted molar refractivity (Wildman–Crippen MR) is 118 cm³/mol. The number of carbonyl (C=O) groups excluding carboxylic acids is 1. The molecule has 172 valence electrons. The van der Waals surface area contributed by atoms with Crippen molar-refractivity contribution in [2.45, 2.75) is 88.4 Å². The third-order valence-electron chi connectivity index (χ3n) is 7.96. The minimum absolute atomic E-state index is 0.0102. The maximum Gasteiger partial charge on any atom is 0.248 e. The van der Waals surface area contributed by atoms with Crippen molar-refractivity contribution >= 4 is 5.91 Å². The maximum absolute atomic E-state index is 13.5. The van der Waals surface area contributed by atoms with Gasteiger partial charge in [-0.15, -0.1) is 0 Å². The van der Waals surface area contributed by atoms with E-state index in [1.807, 2.05) is 24.7 Å². The van der Waals surface area contributed by atoms with Crippen molar-refractivity contribution in [3.63, 3.8) is 0 Å². The highest BCUT2D eigenvalue weighted by Gasteiger charge is 2.41. The summed E-state index contributed by atoms with van der Waals surface area (Å²) in [6.45, 7) is 1.66. The van der Waals surface area contributed by atoms with E-state index in [1.165, 1.54) is 24.1 Å². The molecule has 1 aromatic heterocycles. The summed E-state index contributed by atoms with van der Waals surface area (Å²) in [5, 5.41) is 0. The quantitative estimate of drug-likeness (QED) is 0.704. The van der Waals surface area contributed by atoms with Gasteiger partial charge in [0.15, 0.2) is 0 Å². The highest BCUT2D eigenvalue weighted by molar-refractivity contribution is 5.92. The van der Waals surface area contributed by atoms with Gasteiger partial charge in [-0.2, -0.15) is 0 Å². The summed E-state index contributed by atoms with van der Waals surface area (Å²) in [7, 11) is 0. The van der Waals surface area contributed by atoms with E-state index in [4.69, 9.17) is 5.73 Å². The van der Waals surface area contributed by atoms with Crippen molar-refractivity contribution in [2.24, 2.45) is 11.7 Å². The summed E-state index contributed by atoms with van der Waals surface area (Å²) in [5.41, 5.74) is 8.47. The molecule has 1 amide bonds. The minimum atomic E-state index is -2.48. The van der Waals surface area contributed by atoms with E-state index in [1.54, 1.807) is 6.07 Å². The number of halogens is 2. The van der Waals surface area contributed by atoms with Crippen molar-refractivity contribution in [1.29, 1.82) is 0 Å². The van der Waals surface area contributed by atoms with Gasteiger partial charge in [0.2, 0.25) is 11.8 Å². The number of benzene rings is 1. The number of carbonyl (C=O) groups is 1.